The van der Waals surface area contributed by atoms with E-state index in [9.17, 15) is 4.57 Å². The molecule has 0 bridgehead atoms. The van der Waals surface area contributed by atoms with Crippen LogP contribution in [0.25, 0.3) is 12.2 Å². The van der Waals surface area contributed by atoms with Crippen LogP contribution in [-0.2, 0) is 24.9 Å². The summed E-state index contributed by atoms with van der Waals surface area (Å²) in [5, 5.41) is 0. The number of hydrogen-bond acceptors (Lipinski definition) is 5. The minimum atomic E-state index is -2.96. The third-order valence-corrected chi connectivity index (χ3v) is 7.32. The Hall–Kier alpha value is -1.98. The topological polar surface area (TPSA) is 51.9 Å². The molecule has 0 N–H and O–H groups in total. The number of rotatable bonds is 11. The zero-order valence-electron chi connectivity index (χ0n) is 18.6. The molecular formula is C24H34N2O4P+. The first-order valence-electron chi connectivity index (χ1n) is 11.1. The molecule has 1 fully saturated rings. The molecule has 31 heavy (non-hydrogen) atoms. The SMILES string of the molecule is CCOP(=O)(CCC[n+]1ccc(C=Cc2ccc(N3CCOCC3)cc2)cc1)OCC. The fourth-order valence-corrected chi connectivity index (χ4v) is 5.19. The van der Waals surface area contributed by atoms with Crippen molar-refractivity contribution in [2.75, 3.05) is 50.6 Å². The van der Waals surface area contributed by atoms with Crippen molar-refractivity contribution in [1.82, 2.24) is 0 Å². The molecule has 0 radical (unpaired) electrons. The Labute approximate surface area is 186 Å². The lowest BCUT2D eigenvalue weighted by atomic mass is 10.1. The molecule has 1 saturated heterocycles. The molecule has 3 rings (SSSR count). The Kier molecular flexibility index (Phi) is 9.29. The minimum absolute atomic E-state index is 0.404. The van der Waals surface area contributed by atoms with E-state index >= 15 is 0 Å². The summed E-state index contributed by atoms with van der Waals surface area (Å²) < 4.78 is 30.7. The first-order chi connectivity index (χ1) is 15.1. The van der Waals surface area contributed by atoms with Crippen LogP contribution >= 0.6 is 7.60 Å². The maximum Gasteiger partial charge on any atom is 0.330 e. The molecule has 1 aromatic heterocycles. The van der Waals surface area contributed by atoms with E-state index in [-0.39, 0.29) is 0 Å². The Morgan fingerprint density at radius 1 is 0.968 bits per heavy atom. The molecule has 6 nitrogen and oxygen atoms in total. The fourth-order valence-electron chi connectivity index (χ4n) is 3.55. The van der Waals surface area contributed by atoms with Crippen molar-refractivity contribution in [3.05, 3.63) is 59.9 Å². The number of anilines is 1. The van der Waals surface area contributed by atoms with E-state index in [1.807, 2.05) is 26.2 Å². The molecular weight excluding hydrogens is 411 g/mol. The Morgan fingerprint density at radius 3 is 2.13 bits per heavy atom. The Bertz CT molecular complexity index is 852. The van der Waals surface area contributed by atoms with Crippen LogP contribution in [0.4, 0.5) is 5.69 Å². The summed E-state index contributed by atoms with van der Waals surface area (Å²) in [5.74, 6) is 0. The van der Waals surface area contributed by atoms with Crippen molar-refractivity contribution in [1.29, 1.82) is 0 Å². The Balaban J connectivity index is 1.49. The van der Waals surface area contributed by atoms with Gasteiger partial charge in [-0.25, -0.2) is 4.57 Å². The number of aryl methyl sites for hydroxylation is 1. The van der Waals surface area contributed by atoms with Gasteiger partial charge in [0.05, 0.1) is 32.6 Å². The van der Waals surface area contributed by atoms with Gasteiger partial charge in [0.2, 0.25) is 0 Å². The molecule has 1 aliphatic rings. The van der Waals surface area contributed by atoms with Crippen LogP contribution in [0.2, 0.25) is 0 Å². The van der Waals surface area contributed by atoms with Gasteiger partial charge in [0.1, 0.15) is 6.54 Å². The molecule has 7 heteroatoms. The maximum atomic E-state index is 12.5. The van der Waals surface area contributed by atoms with Gasteiger partial charge in [-0.1, -0.05) is 24.3 Å². The van der Waals surface area contributed by atoms with E-state index in [0.717, 1.165) is 44.8 Å². The highest BCUT2D eigenvalue weighted by atomic mass is 31.2. The van der Waals surface area contributed by atoms with Gasteiger partial charge < -0.3 is 18.7 Å². The molecule has 0 amide bonds. The summed E-state index contributed by atoms with van der Waals surface area (Å²) in [7, 11) is -2.96. The van der Waals surface area contributed by atoms with E-state index in [1.54, 1.807) is 0 Å². The lowest BCUT2D eigenvalue weighted by Gasteiger charge is -2.28. The van der Waals surface area contributed by atoms with Crippen molar-refractivity contribution in [2.24, 2.45) is 0 Å². The summed E-state index contributed by atoms with van der Waals surface area (Å²) in [6, 6.07) is 12.8. The number of nitrogens with zero attached hydrogens (tertiary/aromatic N) is 2. The summed E-state index contributed by atoms with van der Waals surface area (Å²) in [6.07, 6.45) is 9.52. The molecule has 2 aromatic rings. The average Bonchev–Trinajstić information content (AvgIpc) is 2.80. The van der Waals surface area contributed by atoms with Gasteiger partial charge in [-0.05, 0) is 37.1 Å². The highest BCUT2D eigenvalue weighted by Gasteiger charge is 2.23. The normalized spacial score (nSPS) is 15.0. The molecule has 0 atom stereocenters. The molecule has 2 heterocycles. The van der Waals surface area contributed by atoms with E-state index < -0.39 is 7.60 Å². The Morgan fingerprint density at radius 2 is 1.55 bits per heavy atom. The van der Waals surface area contributed by atoms with Gasteiger partial charge in [-0.2, -0.15) is 0 Å². The molecule has 0 saturated carbocycles. The van der Waals surface area contributed by atoms with Gasteiger partial charge in [-0.3, -0.25) is 4.57 Å². The van der Waals surface area contributed by atoms with Crippen molar-refractivity contribution < 1.29 is 22.9 Å². The van der Waals surface area contributed by atoms with Crippen molar-refractivity contribution >= 4 is 25.4 Å². The van der Waals surface area contributed by atoms with Crippen molar-refractivity contribution in [2.45, 2.75) is 26.8 Å². The lowest BCUT2D eigenvalue weighted by molar-refractivity contribution is -0.696. The molecule has 168 valence electrons. The average molecular weight is 446 g/mol. The molecule has 1 aromatic carbocycles. The van der Waals surface area contributed by atoms with Gasteiger partial charge in [-0.15, -0.1) is 0 Å². The number of ether oxygens (including phenoxy) is 1. The van der Waals surface area contributed by atoms with Crippen LogP contribution < -0.4 is 9.47 Å². The first kappa shape index (κ1) is 23.7. The highest BCUT2D eigenvalue weighted by molar-refractivity contribution is 7.53. The molecule has 0 aliphatic carbocycles. The van der Waals surface area contributed by atoms with Crippen LogP contribution in [0.1, 0.15) is 31.4 Å². The number of morpholine rings is 1. The molecule has 1 aliphatic heterocycles. The standard InChI is InChI=1S/C24H34N2O4P/c1-3-29-31(27,30-4-2)21-5-14-25-15-12-23(13-16-25)7-6-22-8-10-24(11-9-22)26-17-19-28-20-18-26/h6-13,15-16H,3-5,14,17-21H2,1-2H3/q+1. The third-order valence-electron chi connectivity index (χ3n) is 5.15. The zero-order chi connectivity index (χ0) is 21.9. The van der Waals surface area contributed by atoms with Crippen LogP contribution in [0.5, 0.6) is 0 Å². The predicted molar refractivity (Wildman–Crippen MR) is 125 cm³/mol. The summed E-state index contributed by atoms with van der Waals surface area (Å²) in [5.41, 5.74) is 3.57. The highest BCUT2D eigenvalue weighted by Crippen LogP contribution is 2.48. The van der Waals surface area contributed by atoms with Crippen molar-refractivity contribution in [3.63, 3.8) is 0 Å². The maximum absolute atomic E-state index is 12.5. The van der Waals surface area contributed by atoms with Gasteiger partial charge >= 0.3 is 7.60 Å². The van der Waals surface area contributed by atoms with E-state index in [2.05, 4.69) is 58.0 Å². The minimum Gasteiger partial charge on any atom is -0.378 e. The molecule has 0 unspecified atom stereocenters. The second-order valence-electron chi connectivity index (χ2n) is 7.42. The van der Waals surface area contributed by atoms with E-state index in [0.29, 0.717) is 19.4 Å². The second-order valence-corrected chi connectivity index (χ2v) is 9.60. The van der Waals surface area contributed by atoms with Gasteiger partial charge in [0, 0.05) is 37.3 Å². The largest absolute Gasteiger partial charge is 0.378 e. The van der Waals surface area contributed by atoms with Crippen LogP contribution in [0.3, 0.4) is 0 Å². The van der Waals surface area contributed by atoms with Crippen LogP contribution in [0, 0.1) is 0 Å². The van der Waals surface area contributed by atoms with E-state index in [1.165, 1.54) is 11.3 Å². The summed E-state index contributed by atoms with van der Waals surface area (Å²) >= 11 is 0. The second kappa shape index (κ2) is 12.2. The van der Waals surface area contributed by atoms with Crippen LogP contribution in [-0.4, -0.2) is 45.7 Å². The number of aromatic nitrogens is 1. The monoisotopic (exact) mass is 445 g/mol. The van der Waals surface area contributed by atoms with Gasteiger partial charge in [0.15, 0.2) is 12.4 Å². The molecule has 0 spiro atoms. The van der Waals surface area contributed by atoms with Gasteiger partial charge in [0.25, 0.3) is 0 Å². The predicted octanol–water partition coefficient (Wildman–Crippen LogP) is 4.64. The third kappa shape index (κ3) is 7.58. The van der Waals surface area contributed by atoms with E-state index in [4.69, 9.17) is 13.8 Å². The first-order valence-corrected chi connectivity index (χ1v) is 12.8. The zero-order valence-corrected chi connectivity index (χ0v) is 19.5. The quantitative estimate of drug-likeness (QED) is 0.373. The lowest BCUT2D eigenvalue weighted by Crippen LogP contribution is -2.36. The van der Waals surface area contributed by atoms with Crippen LogP contribution in [0.15, 0.2) is 48.8 Å². The summed E-state index contributed by atoms with van der Waals surface area (Å²) in [4.78, 5) is 2.36. The van der Waals surface area contributed by atoms with Crippen molar-refractivity contribution in [3.8, 4) is 0 Å². The fraction of sp³-hybridized carbons (Fsp3) is 0.458. The number of pyridine rings is 1. The number of hydrogen-bond donors (Lipinski definition) is 0. The smallest absolute Gasteiger partial charge is 0.330 e. The summed E-state index contributed by atoms with van der Waals surface area (Å²) in [6.45, 7) is 8.76. The number of benzene rings is 1.